The molecule has 2 atom stereocenters. The normalized spacial score (nSPS) is 18.8. The number of benzene rings is 2. The van der Waals surface area contributed by atoms with Crippen molar-refractivity contribution >= 4 is 0 Å². The number of rotatable bonds is 5. The maximum Gasteiger partial charge on any atom is 0.108 e. The third kappa shape index (κ3) is 2.92. The molecule has 0 N–H and O–H groups in total. The highest BCUT2D eigenvalue weighted by atomic mass is 16.6. The van der Waals surface area contributed by atoms with Gasteiger partial charge in [0.1, 0.15) is 12.2 Å². The molecule has 2 aromatic rings. The van der Waals surface area contributed by atoms with Crippen molar-refractivity contribution in [2.75, 3.05) is 13.2 Å². The van der Waals surface area contributed by atoms with Gasteiger partial charge < -0.3 is 9.47 Å². The van der Waals surface area contributed by atoms with Gasteiger partial charge in [-0.15, -0.1) is 0 Å². The Hall–Kier alpha value is -1.64. The third-order valence-electron chi connectivity index (χ3n) is 3.76. The molecule has 1 aliphatic heterocycles. The van der Waals surface area contributed by atoms with Crippen LogP contribution in [0.3, 0.4) is 0 Å². The first kappa shape index (κ1) is 13.3. The second kappa shape index (κ2) is 5.78. The summed E-state index contributed by atoms with van der Waals surface area (Å²) in [4.78, 5) is 0. The fourth-order valence-electron chi connectivity index (χ4n) is 2.58. The van der Waals surface area contributed by atoms with Gasteiger partial charge in [0.25, 0.3) is 0 Å². The first-order chi connectivity index (χ1) is 9.75. The first-order valence-electron chi connectivity index (χ1n) is 7.10. The van der Waals surface area contributed by atoms with Crippen molar-refractivity contribution in [1.29, 1.82) is 0 Å². The van der Waals surface area contributed by atoms with E-state index >= 15 is 0 Å². The molecule has 0 unspecified atom stereocenters. The highest BCUT2D eigenvalue weighted by molar-refractivity contribution is 5.40. The van der Waals surface area contributed by atoms with Gasteiger partial charge in [0.05, 0.1) is 13.2 Å². The summed E-state index contributed by atoms with van der Waals surface area (Å²) < 4.78 is 11.4. The van der Waals surface area contributed by atoms with E-state index in [2.05, 4.69) is 56.3 Å². The van der Waals surface area contributed by atoms with Crippen LogP contribution >= 0.6 is 0 Å². The summed E-state index contributed by atoms with van der Waals surface area (Å²) in [5.74, 6) is 0. The third-order valence-corrected chi connectivity index (χ3v) is 3.76. The second-order valence-corrected chi connectivity index (χ2v) is 5.38. The minimum Gasteiger partial charge on any atom is -0.371 e. The van der Waals surface area contributed by atoms with Crippen LogP contribution in [-0.2, 0) is 9.47 Å². The van der Waals surface area contributed by atoms with Crippen LogP contribution in [-0.4, -0.2) is 19.3 Å². The molecule has 1 saturated heterocycles. The van der Waals surface area contributed by atoms with Crippen molar-refractivity contribution in [2.24, 2.45) is 0 Å². The van der Waals surface area contributed by atoms with Crippen LogP contribution in [0.4, 0.5) is 0 Å². The van der Waals surface area contributed by atoms with Crippen LogP contribution in [0, 0.1) is 13.8 Å². The Morgan fingerprint density at radius 3 is 2.30 bits per heavy atom. The van der Waals surface area contributed by atoms with Gasteiger partial charge in [-0.2, -0.15) is 0 Å². The summed E-state index contributed by atoms with van der Waals surface area (Å²) in [6, 6.07) is 16.8. The largest absolute Gasteiger partial charge is 0.371 e. The van der Waals surface area contributed by atoms with Crippen LogP contribution in [0.25, 0.3) is 0 Å². The summed E-state index contributed by atoms with van der Waals surface area (Å²) in [5.41, 5.74) is 5.02. The second-order valence-electron chi connectivity index (χ2n) is 5.38. The molecule has 2 aromatic carbocycles. The van der Waals surface area contributed by atoms with Crippen molar-refractivity contribution in [3.8, 4) is 0 Å². The van der Waals surface area contributed by atoms with Crippen molar-refractivity contribution in [1.82, 2.24) is 0 Å². The predicted octanol–water partition coefficient (Wildman–Crippen LogP) is 3.81. The number of hydrogen-bond donors (Lipinski definition) is 0. The molecule has 0 amide bonds. The SMILES string of the molecule is Cc1cccc(C)c1[C@@H](OC[C@@H]1CO1)c1ccccc1. The molecule has 104 valence electrons. The lowest BCUT2D eigenvalue weighted by Gasteiger charge is -2.22. The summed E-state index contributed by atoms with van der Waals surface area (Å²) in [6.07, 6.45) is 0.270. The minimum atomic E-state index is -0.0124. The summed E-state index contributed by atoms with van der Waals surface area (Å²) >= 11 is 0. The molecule has 1 aliphatic rings. The van der Waals surface area contributed by atoms with Gasteiger partial charge in [0.15, 0.2) is 0 Å². The van der Waals surface area contributed by atoms with Gasteiger partial charge in [0.2, 0.25) is 0 Å². The van der Waals surface area contributed by atoms with Crippen molar-refractivity contribution < 1.29 is 9.47 Å². The zero-order chi connectivity index (χ0) is 13.9. The molecule has 20 heavy (non-hydrogen) atoms. The Labute approximate surface area is 120 Å². The smallest absolute Gasteiger partial charge is 0.108 e. The lowest BCUT2D eigenvalue weighted by atomic mass is 9.93. The minimum absolute atomic E-state index is 0.0124. The van der Waals surface area contributed by atoms with Crippen molar-refractivity contribution in [3.63, 3.8) is 0 Å². The molecule has 0 spiro atoms. The Balaban J connectivity index is 1.95. The van der Waals surface area contributed by atoms with E-state index in [1.54, 1.807) is 0 Å². The van der Waals surface area contributed by atoms with E-state index in [0.29, 0.717) is 6.61 Å². The Morgan fingerprint density at radius 2 is 1.70 bits per heavy atom. The fraction of sp³-hybridized carbons (Fsp3) is 0.333. The average Bonchev–Trinajstić information content (AvgIpc) is 3.27. The fourth-order valence-corrected chi connectivity index (χ4v) is 2.58. The molecule has 0 radical (unpaired) electrons. The molecule has 2 heteroatoms. The van der Waals surface area contributed by atoms with E-state index in [9.17, 15) is 0 Å². The zero-order valence-electron chi connectivity index (χ0n) is 12.0. The van der Waals surface area contributed by atoms with E-state index in [0.717, 1.165) is 6.61 Å². The zero-order valence-corrected chi connectivity index (χ0v) is 12.0. The lowest BCUT2D eigenvalue weighted by molar-refractivity contribution is 0.0665. The van der Waals surface area contributed by atoms with Crippen LogP contribution < -0.4 is 0 Å². The Bertz CT molecular complexity index is 553. The number of hydrogen-bond acceptors (Lipinski definition) is 2. The molecule has 1 heterocycles. The maximum absolute atomic E-state index is 6.17. The summed E-state index contributed by atoms with van der Waals surface area (Å²) in [5, 5.41) is 0. The van der Waals surface area contributed by atoms with Crippen LogP contribution in [0.1, 0.15) is 28.4 Å². The van der Waals surface area contributed by atoms with E-state index in [4.69, 9.17) is 9.47 Å². The van der Waals surface area contributed by atoms with Gasteiger partial charge in [-0.3, -0.25) is 0 Å². The van der Waals surface area contributed by atoms with Crippen molar-refractivity contribution in [2.45, 2.75) is 26.1 Å². The molecule has 0 aliphatic carbocycles. The molecule has 0 saturated carbocycles. The molecular formula is C18H20O2. The van der Waals surface area contributed by atoms with Gasteiger partial charge in [0, 0.05) is 0 Å². The van der Waals surface area contributed by atoms with Crippen LogP contribution in [0.15, 0.2) is 48.5 Å². The molecule has 0 bridgehead atoms. The summed E-state index contributed by atoms with van der Waals surface area (Å²) in [7, 11) is 0. The highest BCUT2D eigenvalue weighted by Crippen LogP contribution is 2.31. The quantitative estimate of drug-likeness (QED) is 0.769. The van der Waals surface area contributed by atoms with Crippen molar-refractivity contribution in [3.05, 3.63) is 70.8 Å². The van der Waals surface area contributed by atoms with E-state index < -0.39 is 0 Å². The predicted molar refractivity (Wildman–Crippen MR) is 79.9 cm³/mol. The van der Waals surface area contributed by atoms with E-state index in [-0.39, 0.29) is 12.2 Å². The monoisotopic (exact) mass is 268 g/mol. The molecule has 3 rings (SSSR count). The number of epoxide rings is 1. The number of aryl methyl sites for hydroxylation is 2. The maximum atomic E-state index is 6.17. The van der Waals surface area contributed by atoms with Crippen LogP contribution in [0.5, 0.6) is 0 Å². The molecule has 2 nitrogen and oxygen atoms in total. The standard InChI is InChI=1S/C18H20O2/c1-13-7-6-8-14(2)17(13)18(20-12-16-11-19-16)15-9-4-3-5-10-15/h3-10,16,18H,11-12H2,1-2H3/t16-,18-/m0/s1. The lowest BCUT2D eigenvalue weighted by Crippen LogP contribution is -2.13. The van der Waals surface area contributed by atoms with Crippen LogP contribution in [0.2, 0.25) is 0 Å². The van der Waals surface area contributed by atoms with E-state index in [1.165, 1.54) is 22.3 Å². The van der Waals surface area contributed by atoms with Gasteiger partial charge in [-0.05, 0) is 36.1 Å². The topological polar surface area (TPSA) is 21.8 Å². The van der Waals surface area contributed by atoms with Gasteiger partial charge in [-0.1, -0.05) is 48.5 Å². The van der Waals surface area contributed by atoms with E-state index in [1.807, 2.05) is 6.07 Å². The molecule has 1 fully saturated rings. The molecular weight excluding hydrogens is 248 g/mol. The molecule has 0 aromatic heterocycles. The Morgan fingerprint density at radius 1 is 1.05 bits per heavy atom. The van der Waals surface area contributed by atoms with Gasteiger partial charge in [-0.25, -0.2) is 0 Å². The highest BCUT2D eigenvalue weighted by Gasteiger charge is 2.26. The number of ether oxygens (including phenoxy) is 2. The van der Waals surface area contributed by atoms with Gasteiger partial charge >= 0.3 is 0 Å². The average molecular weight is 268 g/mol. The Kier molecular flexibility index (Phi) is 3.86. The first-order valence-corrected chi connectivity index (χ1v) is 7.10. The summed E-state index contributed by atoms with van der Waals surface area (Å²) in [6.45, 7) is 5.78.